The number of benzene rings is 3. The summed E-state index contributed by atoms with van der Waals surface area (Å²) in [6.07, 6.45) is 2.93. The summed E-state index contributed by atoms with van der Waals surface area (Å²) in [5.74, 6) is 3.42. The van der Waals surface area contributed by atoms with Gasteiger partial charge in [0.1, 0.15) is 11.8 Å². The molecule has 0 amide bonds. The molecular formula is C32H34N4O6S. The molecule has 0 radical (unpaired) electrons. The standard InChI is InChI=1S/C32H34N4O6S/c1-36(24-13-16-43(37,38)21-24)14-6-15-41-31-18-27-26(17-30(31)40-3)32(22(19-33)20-34-27)35-23-9-11-25(12-10-23)42-29-8-5-4-7-28(29)39-2/h4-5,7-12,17-18,20,24H,6,13-16,21H2,1-3H3,(H,34,35). The summed E-state index contributed by atoms with van der Waals surface area (Å²) in [6, 6.07) is 20.7. The molecule has 2 heterocycles. The average molecular weight is 603 g/mol. The molecular weight excluding hydrogens is 568 g/mol. The Morgan fingerprint density at radius 1 is 1.02 bits per heavy atom. The zero-order valence-corrected chi connectivity index (χ0v) is 25.2. The van der Waals surface area contributed by atoms with E-state index in [1.165, 1.54) is 6.20 Å². The van der Waals surface area contributed by atoms with Crippen LogP contribution in [-0.4, -0.2) is 70.3 Å². The van der Waals surface area contributed by atoms with Crippen LogP contribution in [0.15, 0.2) is 66.9 Å². The van der Waals surface area contributed by atoms with Gasteiger partial charge in [-0.2, -0.15) is 5.26 Å². The molecule has 0 saturated carbocycles. The van der Waals surface area contributed by atoms with E-state index in [0.29, 0.717) is 63.9 Å². The van der Waals surface area contributed by atoms with Gasteiger partial charge in [0, 0.05) is 35.9 Å². The van der Waals surface area contributed by atoms with Crippen molar-refractivity contribution in [3.63, 3.8) is 0 Å². The van der Waals surface area contributed by atoms with Crippen LogP contribution in [0.4, 0.5) is 11.4 Å². The van der Waals surface area contributed by atoms with Gasteiger partial charge in [0.15, 0.2) is 32.8 Å². The molecule has 1 saturated heterocycles. The first-order valence-corrected chi connectivity index (χ1v) is 15.7. The maximum atomic E-state index is 11.8. The molecule has 1 aromatic heterocycles. The van der Waals surface area contributed by atoms with E-state index in [2.05, 4.69) is 21.3 Å². The third-order valence-electron chi connectivity index (χ3n) is 7.44. The highest BCUT2D eigenvalue weighted by molar-refractivity contribution is 7.91. The Kier molecular flexibility index (Phi) is 9.19. The molecule has 0 aliphatic carbocycles. The summed E-state index contributed by atoms with van der Waals surface area (Å²) in [4.78, 5) is 6.58. The Hall–Kier alpha value is -4.53. The average Bonchev–Trinajstić information content (AvgIpc) is 3.39. The van der Waals surface area contributed by atoms with E-state index in [9.17, 15) is 13.7 Å². The fourth-order valence-electron chi connectivity index (χ4n) is 5.07. The van der Waals surface area contributed by atoms with Crippen molar-refractivity contribution in [2.45, 2.75) is 18.9 Å². The smallest absolute Gasteiger partial charge is 0.169 e. The van der Waals surface area contributed by atoms with Gasteiger partial charge in [-0.3, -0.25) is 4.98 Å². The van der Waals surface area contributed by atoms with Gasteiger partial charge in [-0.1, -0.05) is 12.1 Å². The Labute approximate surface area is 251 Å². The molecule has 1 atom stereocenters. The fourth-order valence-corrected chi connectivity index (χ4v) is 6.88. The highest BCUT2D eigenvalue weighted by Crippen LogP contribution is 2.38. The largest absolute Gasteiger partial charge is 0.493 e. The number of para-hydroxylation sites is 2. The first kappa shape index (κ1) is 29.9. The molecule has 10 nitrogen and oxygen atoms in total. The highest BCUT2D eigenvalue weighted by atomic mass is 32.2. The number of ether oxygens (including phenoxy) is 4. The lowest BCUT2D eigenvalue weighted by Gasteiger charge is -2.23. The van der Waals surface area contributed by atoms with Crippen LogP contribution in [0.2, 0.25) is 0 Å². The molecule has 3 aromatic carbocycles. The zero-order chi connectivity index (χ0) is 30.4. The molecule has 1 aliphatic rings. The summed E-state index contributed by atoms with van der Waals surface area (Å²) in [7, 11) is 2.20. The number of methoxy groups -OCH3 is 2. The number of fused-ring (bicyclic) bond motifs is 1. The number of hydrogen-bond acceptors (Lipinski definition) is 10. The highest BCUT2D eigenvalue weighted by Gasteiger charge is 2.30. The van der Waals surface area contributed by atoms with Crippen LogP contribution >= 0.6 is 0 Å². The fraction of sp³-hybridized carbons (Fsp3) is 0.312. The van der Waals surface area contributed by atoms with E-state index < -0.39 is 9.84 Å². The second-order valence-electron chi connectivity index (χ2n) is 10.3. The molecule has 1 unspecified atom stereocenters. The zero-order valence-electron chi connectivity index (χ0n) is 24.4. The van der Waals surface area contributed by atoms with E-state index >= 15 is 0 Å². The van der Waals surface area contributed by atoms with Crippen LogP contribution < -0.4 is 24.3 Å². The van der Waals surface area contributed by atoms with Gasteiger partial charge in [-0.05, 0) is 62.4 Å². The van der Waals surface area contributed by atoms with E-state index in [1.54, 1.807) is 20.3 Å². The number of hydrogen-bond donors (Lipinski definition) is 1. The van der Waals surface area contributed by atoms with Crippen molar-refractivity contribution in [3.05, 3.63) is 72.4 Å². The molecule has 224 valence electrons. The summed E-state index contributed by atoms with van der Waals surface area (Å²) in [6.45, 7) is 1.15. The lowest BCUT2D eigenvalue weighted by atomic mass is 10.1. The Bertz CT molecular complexity index is 1740. The molecule has 1 aliphatic heterocycles. The first-order chi connectivity index (χ1) is 20.8. The third kappa shape index (κ3) is 7.10. The van der Waals surface area contributed by atoms with Gasteiger partial charge in [0.05, 0.1) is 49.1 Å². The van der Waals surface area contributed by atoms with Crippen molar-refractivity contribution in [2.24, 2.45) is 0 Å². The molecule has 1 N–H and O–H groups in total. The predicted molar refractivity (Wildman–Crippen MR) is 166 cm³/mol. The molecule has 0 bridgehead atoms. The normalized spacial score (nSPS) is 15.7. The molecule has 1 fully saturated rings. The lowest BCUT2D eigenvalue weighted by molar-refractivity contribution is 0.223. The molecule has 11 heteroatoms. The van der Waals surface area contributed by atoms with Crippen molar-refractivity contribution in [1.82, 2.24) is 9.88 Å². The minimum absolute atomic E-state index is 0.0563. The van der Waals surface area contributed by atoms with Crippen LogP contribution in [0.5, 0.6) is 28.7 Å². The van der Waals surface area contributed by atoms with Crippen LogP contribution in [0.25, 0.3) is 10.9 Å². The number of pyridine rings is 1. The molecule has 5 rings (SSSR count). The number of sulfone groups is 1. The van der Waals surface area contributed by atoms with E-state index in [4.69, 9.17) is 18.9 Å². The van der Waals surface area contributed by atoms with Crippen LogP contribution in [0, 0.1) is 11.3 Å². The quantitative estimate of drug-likeness (QED) is 0.207. The van der Waals surface area contributed by atoms with E-state index in [1.807, 2.05) is 61.6 Å². The summed E-state index contributed by atoms with van der Waals surface area (Å²) < 4.78 is 46.6. The summed E-state index contributed by atoms with van der Waals surface area (Å²) in [5, 5.41) is 13.9. The third-order valence-corrected chi connectivity index (χ3v) is 9.19. The van der Waals surface area contributed by atoms with Crippen molar-refractivity contribution in [1.29, 1.82) is 5.26 Å². The Morgan fingerprint density at radius 3 is 2.44 bits per heavy atom. The van der Waals surface area contributed by atoms with Crippen LogP contribution in [0.3, 0.4) is 0 Å². The number of anilines is 2. The van der Waals surface area contributed by atoms with Gasteiger partial charge < -0.3 is 29.2 Å². The van der Waals surface area contributed by atoms with Crippen molar-refractivity contribution < 1.29 is 27.4 Å². The Morgan fingerprint density at radius 2 is 1.77 bits per heavy atom. The maximum Gasteiger partial charge on any atom is 0.169 e. The number of nitrogens with zero attached hydrogens (tertiary/aromatic N) is 3. The van der Waals surface area contributed by atoms with Gasteiger partial charge >= 0.3 is 0 Å². The lowest BCUT2D eigenvalue weighted by Crippen LogP contribution is -2.34. The van der Waals surface area contributed by atoms with Crippen molar-refractivity contribution in [3.8, 4) is 34.8 Å². The minimum Gasteiger partial charge on any atom is -0.493 e. The van der Waals surface area contributed by atoms with Crippen molar-refractivity contribution in [2.75, 3.05) is 51.2 Å². The number of nitrogens with one attached hydrogen (secondary N) is 1. The molecule has 0 spiro atoms. The number of nitriles is 1. The maximum absolute atomic E-state index is 11.8. The number of rotatable bonds is 12. The Balaban J connectivity index is 1.29. The summed E-state index contributed by atoms with van der Waals surface area (Å²) >= 11 is 0. The van der Waals surface area contributed by atoms with Gasteiger partial charge in [0.25, 0.3) is 0 Å². The first-order valence-electron chi connectivity index (χ1n) is 13.9. The topological polar surface area (TPSA) is 123 Å². The SMILES string of the molecule is COc1cc2c(Nc3ccc(Oc4ccccc4OC)cc3)c(C#N)cnc2cc1OCCCN(C)C1CCS(=O)(=O)C1. The monoisotopic (exact) mass is 602 g/mol. The summed E-state index contributed by atoms with van der Waals surface area (Å²) in [5.41, 5.74) is 2.38. The van der Waals surface area contributed by atoms with Gasteiger partial charge in [-0.25, -0.2) is 8.42 Å². The van der Waals surface area contributed by atoms with E-state index in [0.717, 1.165) is 18.7 Å². The second kappa shape index (κ2) is 13.2. The predicted octanol–water partition coefficient (Wildman–Crippen LogP) is 5.55. The van der Waals surface area contributed by atoms with Crippen LogP contribution in [0.1, 0.15) is 18.4 Å². The van der Waals surface area contributed by atoms with E-state index in [-0.39, 0.29) is 17.5 Å². The number of aromatic nitrogens is 1. The van der Waals surface area contributed by atoms with Crippen molar-refractivity contribution >= 4 is 32.1 Å². The van der Waals surface area contributed by atoms with Gasteiger partial charge in [-0.15, -0.1) is 0 Å². The van der Waals surface area contributed by atoms with Gasteiger partial charge in [0.2, 0.25) is 0 Å². The van der Waals surface area contributed by atoms with Crippen LogP contribution in [-0.2, 0) is 9.84 Å². The molecule has 4 aromatic rings. The second-order valence-corrected chi connectivity index (χ2v) is 12.5. The molecule has 43 heavy (non-hydrogen) atoms. The minimum atomic E-state index is -2.92.